The van der Waals surface area contributed by atoms with E-state index in [4.69, 9.17) is 32.7 Å². The van der Waals surface area contributed by atoms with Crippen molar-refractivity contribution in [1.29, 1.82) is 0 Å². The van der Waals surface area contributed by atoms with Crippen LogP contribution in [0, 0.1) is 0 Å². The quantitative estimate of drug-likeness (QED) is 0.501. The Bertz CT molecular complexity index is 797. The number of benzene rings is 1. The Morgan fingerprint density at radius 1 is 1.22 bits per heavy atom. The van der Waals surface area contributed by atoms with Crippen molar-refractivity contribution in [3.8, 4) is 5.75 Å². The van der Waals surface area contributed by atoms with Crippen LogP contribution in [0.15, 0.2) is 36.5 Å². The van der Waals surface area contributed by atoms with Gasteiger partial charge in [-0.2, -0.15) is 0 Å². The van der Waals surface area contributed by atoms with Gasteiger partial charge in [0.25, 0.3) is 5.91 Å². The number of aromatic nitrogens is 1. The Morgan fingerprint density at radius 3 is 2.56 bits per heavy atom. The second kappa shape index (κ2) is 10.1. The summed E-state index contributed by atoms with van der Waals surface area (Å²) in [6.45, 7) is 4.16. The number of nitrogens with one attached hydrogen (secondary N) is 1. The van der Waals surface area contributed by atoms with Crippen molar-refractivity contribution in [1.82, 2.24) is 4.98 Å². The normalized spacial score (nSPS) is 11.6. The van der Waals surface area contributed by atoms with Crippen molar-refractivity contribution >= 4 is 40.9 Å². The third-order valence-corrected chi connectivity index (χ3v) is 4.05. The molecular weight excluding hydrogens is 391 g/mol. The average molecular weight is 411 g/mol. The first-order chi connectivity index (χ1) is 12.9. The van der Waals surface area contributed by atoms with Crippen LogP contribution in [0.1, 0.15) is 37.0 Å². The van der Waals surface area contributed by atoms with Crippen molar-refractivity contribution < 1.29 is 19.1 Å². The number of hydrogen-bond donors (Lipinski definition) is 1. The maximum Gasteiger partial charge on any atom is 0.338 e. The van der Waals surface area contributed by atoms with Crippen molar-refractivity contribution in [3.05, 3.63) is 52.1 Å². The van der Waals surface area contributed by atoms with E-state index < -0.39 is 18.0 Å². The predicted molar refractivity (Wildman–Crippen MR) is 105 cm³/mol. The summed E-state index contributed by atoms with van der Waals surface area (Å²) in [7, 11) is 0. The van der Waals surface area contributed by atoms with E-state index in [2.05, 4.69) is 17.2 Å². The fourth-order valence-electron chi connectivity index (χ4n) is 2.03. The highest BCUT2D eigenvalue weighted by Gasteiger charge is 2.20. The molecule has 1 aromatic carbocycles. The molecule has 0 saturated heterocycles. The number of ether oxygens (including phenoxy) is 2. The molecule has 0 aliphatic rings. The highest BCUT2D eigenvalue weighted by molar-refractivity contribution is 6.36. The third-order valence-electron chi connectivity index (χ3n) is 3.56. The number of rotatable bonds is 8. The van der Waals surface area contributed by atoms with Crippen molar-refractivity contribution in [2.24, 2.45) is 0 Å². The number of hydrogen-bond acceptors (Lipinski definition) is 5. The number of anilines is 1. The Balaban J connectivity index is 1.91. The van der Waals surface area contributed by atoms with E-state index in [0.29, 0.717) is 22.9 Å². The smallest absolute Gasteiger partial charge is 0.338 e. The van der Waals surface area contributed by atoms with E-state index in [0.717, 1.165) is 12.8 Å². The van der Waals surface area contributed by atoms with Gasteiger partial charge in [0.2, 0.25) is 0 Å². The van der Waals surface area contributed by atoms with Crippen LogP contribution in [0.25, 0.3) is 0 Å². The fourth-order valence-corrected chi connectivity index (χ4v) is 2.46. The molecule has 1 aromatic heterocycles. The summed E-state index contributed by atoms with van der Waals surface area (Å²) in [6.07, 6.45) is 2.32. The van der Waals surface area contributed by atoms with Crippen LogP contribution in [0.3, 0.4) is 0 Å². The van der Waals surface area contributed by atoms with Crippen LogP contribution in [-0.4, -0.2) is 29.6 Å². The first kappa shape index (κ1) is 21.0. The van der Waals surface area contributed by atoms with Crippen LogP contribution >= 0.6 is 23.2 Å². The summed E-state index contributed by atoms with van der Waals surface area (Å²) in [5, 5.41) is 3.03. The van der Waals surface area contributed by atoms with Gasteiger partial charge in [0.05, 0.1) is 22.2 Å². The average Bonchev–Trinajstić information content (AvgIpc) is 2.64. The van der Waals surface area contributed by atoms with Gasteiger partial charge in [0, 0.05) is 6.20 Å². The molecule has 2 aromatic rings. The molecule has 27 heavy (non-hydrogen) atoms. The molecule has 0 aliphatic carbocycles. The lowest BCUT2D eigenvalue weighted by atomic mass is 10.2. The number of unbranched alkanes of at least 4 members (excludes halogenated alkanes) is 1. The molecule has 0 unspecified atom stereocenters. The van der Waals surface area contributed by atoms with Crippen molar-refractivity contribution in [2.45, 2.75) is 32.8 Å². The van der Waals surface area contributed by atoms with Crippen LogP contribution in [-0.2, 0) is 9.53 Å². The zero-order chi connectivity index (χ0) is 19.8. The third kappa shape index (κ3) is 6.41. The number of pyridine rings is 1. The lowest BCUT2D eigenvalue weighted by molar-refractivity contribution is -0.123. The maximum absolute atomic E-state index is 12.2. The minimum absolute atomic E-state index is 0.141. The molecule has 0 radical (unpaired) electrons. The Labute approximate surface area is 167 Å². The van der Waals surface area contributed by atoms with Gasteiger partial charge >= 0.3 is 5.97 Å². The molecule has 144 valence electrons. The topological polar surface area (TPSA) is 77.5 Å². The van der Waals surface area contributed by atoms with Gasteiger partial charge in [-0.15, -0.1) is 0 Å². The van der Waals surface area contributed by atoms with Gasteiger partial charge in [-0.25, -0.2) is 9.78 Å². The zero-order valence-electron chi connectivity index (χ0n) is 15.0. The monoisotopic (exact) mass is 410 g/mol. The minimum Gasteiger partial charge on any atom is -0.494 e. The standard InChI is InChI=1S/C19H20Cl2N2O4/c1-3-4-9-26-15-7-5-13(6-8-15)19(25)27-12(2)18(24)23-17-16(21)10-14(20)11-22-17/h5-8,10-12H,3-4,9H2,1-2H3,(H,22,23,24)/t12-/m1/s1. The van der Waals surface area contributed by atoms with Crippen molar-refractivity contribution in [2.75, 3.05) is 11.9 Å². The van der Waals surface area contributed by atoms with Crippen LogP contribution in [0.4, 0.5) is 5.82 Å². The molecule has 0 fully saturated rings. The predicted octanol–water partition coefficient (Wildman–Crippen LogP) is 4.75. The molecule has 0 bridgehead atoms. The van der Waals surface area contributed by atoms with E-state index in [1.54, 1.807) is 24.3 Å². The Hall–Kier alpha value is -2.31. The molecule has 1 N–H and O–H groups in total. The maximum atomic E-state index is 12.2. The number of amides is 1. The second-order valence-corrected chi connectivity index (χ2v) is 6.59. The number of carbonyl (C=O) groups excluding carboxylic acids is 2. The summed E-state index contributed by atoms with van der Waals surface area (Å²) in [5.74, 6) is -0.357. The van der Waals surface area contributed by atoms with E-state index in [1.807, 2.05) is 0 Å². The zero-order valence-corrected chi connectivity index (χ0v) is 16.5. The SMILES string of the molecule is CCCCOc1ccc(C(=O)O[C@H](C)C(=O)Nc2ncc(Cl)cc2Cl)cc1. The van der Waals surface area contributed by atoms with Crippen LogP contribution < -0.4 is 10.1 Å². The Morgan fingerprint density at radius 2 is 1.93 bits per heavy atom. The van der Waals surface area contributed by atoms with Crippen molar-refractivity contribution in [3.63, 3.8) is 0 Å². The van der Waals surface area contributed by atoms with Gasteiger partial charge in [-0.05, 0) is 43.7 Å². The summed E-state index contributed by atoms with van der Waals surface area (Å²) < 4.78 is 10.7. The molecule has 1 heterocycles. The number of esters is 1. The fraction of sp³-hybridized carbons (Fsp3) is 0.316. The lowest BCUT2D eigenvalue weighted by Gasteiger charge is -2.14. The minimum atomic E-state index is -1.04. The summed E-state index contributed by atoms with van der Waals surface area (Å²) in [6, 6.07) is 8.01. The van der Waals surface area contributed by atoms with Gasteiger partial charge in [-0.1, -0.05) is 36.5 Å². The summed E-state index contributed by atoms with van der Waals surface area (Å²) in [5.41, 5.74) is 0.320. The number of carbonyl (C=O) groups is 2. The first-order valence-corrected chi connectivity index (χ1v) is 9.22. The van der Waals surface area contributed by atoms with Gasteiger partial charge in [0.1, 0.15) is 5.75 Å². The van der Waals surface area contributed by atoms with Crippen LogP contribution in [0.2, 0.25) is 10.0 Å². The number of nitrogens with zero attached hydrogens (tertiary/aromatic N) is 1. The highest BCUT2D eigenvalue weighted by Crippen LogP contribution is 2.22. The molecule has 6 nitrogen and oxygen atoms in total. The molecule has 1 amide bonds. The molecule has 0 saturated carbocycles. The van der Waals surface area contributed by atoms with Gasteiger partial charge in [0.15, 0.2) is 11.9 Å². The van der Waals surface area contributed by atoms with Crippen LogP contribution in [0.5, 0.6) is 5.75 Å². The van der Waals surface area contributed by atoms with E-state index in [-0.39, 0.29) is 10.8 Å². The molecule has 0 spiro atoms. The largest absolute Gasteiger partial charge is 0.494 e. The Kier molecular flexibility index (Phi) is 7.88. The molecule has 2 rings (SSSR count). The molecule has 0 aliphatic heterocycles. The molecule has 8 heteroatoms. The molecular formula is C19H20Cl2N2O4. The van der Waals surface area contributed by atoms with Gasteiger partial charge < -0.3 is 14.8 Å². The lowest BCUT2D eigenvalue weighted by Crippen LogP contribution is -2.30. The van der Waals surface area contributed by atoms with E-state index in [9.17, 15) is 9.59 Å². The van der Waals surface area contributed by atoms with E-state index in [1.165, 1.54) is 19.2 Å². The summed E-state index contributed by atoms with van der Waals surface area (Å²) >= 11 is 11.7. The number of halogens is 2. The van der Waals surface area contributed by atoms with E-state index >= 15 is 0 Å². The summed E-state index contributed by atoms with van der Waals surface area (Å²) in [4.78, 5) is 28.3. The van der Waals surface area contributed by atoms with Gasteiger partial charge in [-0.3, -0.25) is 4.79 Å². The first-order valence-electron chi connectivity index (χ1n) is 8.46. The highest BCUT2D eigenvalue weighted by atomic mass is 35.5. The molecule has 1 atom stereocenters. The second-order valence-electron chi connectivity index (χ2n) is 5.75.